The Bertz CT molecular complexity index is 431. The zero-order chi connectivity index (χ0) is 10.7. The van der Waals surface area contributed by atoms with E-state index in [-0.39, 0.29) is 5.38 Å². The smallest absolute Gasteiger partial charge is 0.0794 e. The van der Waals surface area contributed by atoms with Crippen molar-refractivity contribution in [2.24, 2.45) is 0 Å². The molecule has 0 saturated carbocycles. The minimum absolute atomic E-state index is 0.0719. The molecule has 0 aliphatic carbocycles. The summed E-state index contributed by atoms with van der Waals surface area (Å²) in [5, 5.41) is 0.588. The first-order chi connectivity index (χ1) is 7.27. The Balaban J connectivity index is 2.13. The number of aromatic nitrogens is 2. The first-order valence-corrected chi connectivity index (χ1v) is 6.07. The maximum atomic E-state index is 6.25. The molecule has 0 N–H and O–H groups in total. The van der Waals surface area contributed by atoms with E-state index < -0.39 is 0 Å². The van der Waals surface area contributed by atoms with Gasteiger partial charge in [0.2, 0.25) is 0 Å². The van der Waals surface area contributed by atoms with Crippen molar-refractivity contribution in [3.8, 4) is 0 Å². The van der Waals surface area contributed by atoms with E-state index in [0.717, 1.165) is 10.4 Å². The largest absolute Gasteiger partial charge is 0.263 e. The maximum Gasteiger partial charge on any atom is 0.0794 e. The lowest BCUT2D eigenvalue weighted by Crippen LogP contribution is -1.94. The van der Waals surface area contributed by atoms with Crippen LogP contribution >= 0.6 is 34.5 Å². The number of hydrogen-bond acceptors (Lipinski definition) is 3. The highest BCUT2D eigenvalue weighted by molar-refractivity contribution is 7.09. The highest BCUT2D eigenvalue weighted by atomic mass is 35.5. The molecule has 0 saturated heterocycles. The molecule has 0 fully saturated rings. The van der Waals surface area contributed by atoms with Gasteiger partial charge in [-0.3, -0.25) is 9.97 Å². The van der Waals surface area contributed by atoms with Crippen LogP contribution in [0.15, 0.2) is 30.2 Å². The van der Waals surface area contributed by atoms with Crippen LogP contribution in [0.5, 0.6) is 0 Å². The molecule has 15 heavy (non-hydrogen) atoms. The monoisotopic (exact) mass is 258 g/mol. The highest BCUT2D eigenvalue weighted by Gasteiger charge is 2.12. The van der Waals surface area contributed by atoms with Crippen LogP contribution in [0, 0.1) is 0 Å². The van der Waals surface area contributed by atoms with E-state index in [1.807, 2.05) is 6.07 Å². The molecule has 2 nitrogen and oxygen atoms in total. The van der Waals surface area contributed by atoms with Crippen LogP contribution in [0.4, 0.5) is 0 Å². The quantitative estimate of drug-likeness (QED) is 0.785. The number of pyridine rings is 1. The average Bonchev–Trinajstić information content (AvgIpc) is 2.74. The molecule has 78 valence electrons. The molecule has 0 bridgehead atoms. The standard InChI is InChI=1S/C10H8Cl2N2S/c11-8(10-5-14-6-15-10)3-7-1-2-13-4-9(7)12/h1-2,4-6,8H,3H2. The summed E-state index contributed by atoms with van der Waals surface area (Å²) in [6, 6.07) is 1.89. The number of rotatable bonds is 3. The molecular weight excluding hydrogens is 251 g/mol. The van der Waals surface area contributed by atoms with Crippen LogP contribution in [0.2, 0.25) is 5.02 Å². The van der Waals surface area contributed by atoms with Crippen molar-refractivity contribution in [2.45, 2.75) is 11.8 Å². The third kappa shape index (κ3) is 2.68. The fourth-order valence-corrected chi connectivity index (χ4v) is 2.41. The van der Waals surface area contributed by atoms with Crippen molar-refractivity contribution in [3.05, 3.63) is 45.6 Å². The van der Waals surface area contributed by atoms with Gasteiger partial charge in [0.05, 0.1) is 15.9 Å². The first kappa shape index (κ1) is 10.9. The normalized spacial score (nSPS) is 12.7. The van der Waals surface area contributed by atoms with E-state index in [1.54, 1.807) is 35.4 Å². The molecule has 2 rings (SSSR count). The van der Waals surface area contributed by atoms with Crippen molar-refractivity contribution in [3.63, 3.8) is 0 Å². The topological polar surface area (TPSA) is 25.8 Å². The molecular formula is C10H8Cl2N2S. The zero-order valence-electron chi connectivity index (χ0n) is 7.73. The van der Waals surface area contributed by atoms with Gasteiger partial charge < -0.3 is 0 Å². The first-order valence-electron chi connectivity index (χ1n) is 4.38. The van der Waals surface area contributed by atoms with Crippen LogP contribution in [-0.2, 0) is 6.42 Å². The van der Waals surface area contributed by atoms with Crippen LogP contribution < -0.4 is 0 Å². The van der Waals surface area contributed by atoms with Gasteiger partial charge in [-0.2, -0.15) is 0 Å². The Hall–Kier alpha value is -0.640. The summed E-state index contributed by atoms with van der Waals surface area (Å²) in [6.07, 6.45) is 5.84. The number of nitrogens with zero attached hydrogens (tertiary/aromatic N) is 2. The third-order valence-corrected chi connectivity index (χ3v) is 3.76. The van der Waals surface area contributed by atoms with Gasteiger partial charge in [-0.15, -0.1) is 22.9 Å². The molecule has 5 heteroatoms. The summed E-state index contributed by atoms with van der Waals surface area (Å²) in [4.78, 5) is 8.99. The van der Waals surface area contributed by atoms with Gasteiger partial charge in [-0.25, -0.2) is 0 Å². The minimum Gasteiger partial charge on any atom is -0.263 e. The van der Waals surface area contributed by atoms with Gasteiger partial charge >= 0.3 is 0 Å². The average molecular weight is 259 g/mol. The zero-order valence-corrected chi connectivity index (χ0v) is 10.1. The second kappa shape index (κ2) is 4.92. The van der Waals surface area contributed by atoms with E-state index in [2.05, 4.69) is 9.97 Å². The van der Waals surface area contributed by atoms with Gasteiger partial charge in [0.15, 0.2) is 0 Å². The lowest BCUT2D eigenvalue weighted by Gasteiger charge is -2.07. The highest BCUT2D eigenvalue weighted by Crippen LogP contribution is 2.29. The van der Waals surface area contributed by atoms with E-state index in [4.69, 9.17) is 23.2 Å². The van der Waals surface area contributed by atoms with Crippen LogP contribution in [0.3, 0.4) is 0 Å². The fourth-order valence-electron chi connectivity index (χ4n) is 1.24. The Kier molecular flexibility index (Phi) is 3.57. The second-order valence-electron chi connectivity index (χ2n) is 3.04. The minimum atomic E-state index is -0.0719. The second-order valence-corrected chi connectivity index (χ2v) is 4.89. The van der Waals surface area contributed by atoms with Crippen molar-refractivity contribution in [1.82, 2.24) is 9.97 Å². The lowest BCUT2D eigenvalue weighted by molar-refractivity contribution is 0.932. The molecule has 1 unspecified atom stereocenters. The van der Waals surface area contributed by atoms with Crippen molar-refractivity contribution < 1.29 is 0 Å². The number of thiazole rings is 1. The van der Waals surface area contributed by atoms with E-state index in [1.165, 1.54) is 0 Å². The molecule has 2 aromatic heterocycles. The predicted octanol–water partition coefficient (Wildman–Crippen LogP) is 3.71. The van der Waals surface area contributed by atoms with Gasteiger partial charge in [0, 0.05) is 23.5 Å². The summed E-state index contributed by atoms with van der Waals surface area (Å²) in [6.45, 7) is 0. The van der Waals surface area contributed by atoms with Crippen LogP contribution in [-0.4, -0.2) is 9.97 Å². The number of halogens is 2. The third-order valence-electron chi connectivity index (χ3n) is 2.02. The Morgan fingerprint density at radius 1 is 1.33 bits per heavy atom. The molecule has 1 atom stereocenters. The Labute approximate surface area is 102 Å². The molecule has 2 heterocycles. The van der Waals surface area contributed by atoms with Gasteiger partial charge in [-0.1, -0.05) is 11.6 Å². The van der Waals surface area contributed by atoms with Gasteiger partial charge in [0.1, 0.15) is 0 Å². The van der Waals surface area contributed by atoms with Gasteiger partial charge in [-0.05, 0) is 18.1 Å². The molecule has 0 aliphatic heterocycles. The lowest BCUT2D eigenvalue weighted by atomic mass is 10.1. The molecule has 0 amide bonds. The van der Waals surface area contributed by atoms with E-state index in [0.29, 0.717) is 11.4 Å². The Morgan fingerprint density at radius 2 is 2.20 bits per heavy atom. The van der Waals surface area contributed by atoms with Crippen molar-refractivity contribution >= 4 is 34.5 Å². The van der Waals surface area contributed by atoms with Crippen LogP contribution in [0.1, 0.15) is 15.8 Å². The molecule has 0 radical (unpaired) electrons. The number of alkyl halides is 1. The van der Waals surface area contributed by atoms with Crippen molar-refractivity contribution in [1.29, 1.82) is 0 Å². The summed E-state index contributed by atoms with van der Waals surface area (Å²) < 4.78 is 0. The molecule has 0 aliphatic rings. The summed E-state index contributed by atoms with van der Waals surface area (Å²) in [7, 11) is 0. The molecule has 0 aromatic carbocycles. The maximum absolute atomic E-state index is 6.25. The predicted molar refractivity (Wildman–Crippen MR) is 63.7 cm³/mol. The molecule has 0 spiro atoms. The summed E-state index contributed by atoms with van der Waals surface area (Å²) >= 11 is 13.8. The van der Waals surface area contributed by atoms with E-state index in [9.17, 15) is 0 Å². The van der Waals surface area contributed by atoms with Gasteiger partial charge in [0.25, 0.3) is 0 Å². The van der Waals surface area contributed by atoms with Crippen LogP contribution in [0.25, 0.3) is 0 Å². The summed E-state index contributed by atoms with van der Waals surface area (Å²) in [5.74, 6) is 0. The fraction of sp³-hybridized carbons (Fsp3) is 0.200. The summed E-state index contributed by atoms with van der Waals surface area (Å²) in [5.41, 5.74) is 2.79. The molecule has 2 aromatic rings. The van der Waals surface area contributed by atoms with E-state index >= 15 is 0 Å². The number of hydrogen-bond donors (Lipinski definition) is 0. The SMILES string of the molecule is Clc1cnccc1CC(Cl)c1cncs1. The van der Waals surface area contributed by atoms with Crippen molar-refractivity contribution in [2.75, 3.05) is 0 Å². The Morgan fingerprint density at radius 3 is 2.87 bits per heavy atom.